The molecule has 1 aliphatic heterocycles. The Morgan fingerprint density at radius 3 is 2.00 bits per heavy atom. The fraction of sp³-hybridized carbons (Fsp3) is 0.589. The highest BCUT2D eigenvalue weighted by Crippen LogP contribution is 2.55. The Hall–Kier alpha value is -5.32. The zero-order valence-electron chi connectivity index (χ0n) is 44.6. The molecule has 0 spiro atoms. The van der Waals surface area contributed by atoms with E-state index in [9.17, 15) is 24.4 Å². The Kier molecular flexibility index (Phi) is 20.7. The van der Waals surface area contributed by atoms with Crippen molar-refractivity contribution in [2.24, 2.45) is 16.2 Å². The van der Waals surface area contributed by atoms with Gasteiger partial charge in [-0.05, 0) is 79.8 Å². The van der Waals surface area contributed by atoms with E-state index in [1.807, 2.05) is 45.0 Å². The number of rotatable bonds is 27. The number of benzene rings is 3. The third-order valence-electron chi connectivity index (χ3n) is 14.3. The number of likely N-dealkylation sites (N-methyl/N-ethyl adjacent to an activating group) is 1. The topological polar surface area (TPSA) is 208 Å². The molecule has 2 aliphatic carbocycles. The van der Waals surface area contributed by atoms with Gasteiger partial charge in [-0.2, -0.15) is 5.26 Å². The van der Waals surface area contributed by atoms with Crippen molar-refractivity contribution in [2.45, 2.75) is 117 Å². The lowest BCUT2D eigenvalue weighted by atomic mass is 9.49. The number of carbonyl (C=O) groups is 4. The summed E-state index contributed by atoms with van der Waals surface area (Å²) < 4.78 is 41.2. The number of amides is 4. The predicted octanol–water partition coefficient (Wildman–Crippen LogP) is 6.20. The SMILES string of the molecule is CN[C@@H](C)C(=O)N[C@H](C(=O)N1CCCC1C(=O)N[C@H]1c2ccccc2C[C@H]1OCCOCCOCCOCCOCCOc1ccc(C(=O)NC2C(C)(C)C(Oc3ccc(C#N)c(Cl)c3)C2(C)C)cc1)C(C)(C)C. The summed E-state index contributed by atoms with van der Waals surface area (Å²) in [6.07, 6.45) is 1.35. The van der Waals surface area contributed by atoms with Crippen molar-refractivity contribution in [1.29, 1.82) is 5.26 Å². The van der Waals surface area contributed by atoms with E-state index in [1.54, 1.807) is 61.3 Å². The van der Waals surface area contributed by atoms with Gasteiger partial charge in [0.25, 0.3) is 5.91 Å². The number of nitriles is 1. The fourth-order valence-corrected chi connectivity index (χ4v) is 10.6. The van der Waals surface area contributed by atoms with Crippen LogP contribution < -0.4 is 30.7 Å². The van der Waals surface area contributed by atoms with Gasteiger partial charge in [-0.1, -0.05) is 84.3 Å². The number of hydrogen-bond acceptors (Lipinski definition) is 13. The fourth-order valence-electron chi connectivity index (χ4n) is 10.4. The number of hydrogen-bond donors (Lipinski definition) is 4. The molecule has 6 rings (SSSR count). The Balaban J connectivity index is 0.798. The van der Waals surface area contributed by atoms with Crippen LogP contribution in [0.3, 0.4) is 0 Å². The highest BCUT2D eigenvalue weighted by molar-refractivity contribution is 6.31. The van der Waals surface area contributed by atoms with Gasteiger partial charge >= 0.3 is 0 Å². The van der Waals surface area contributed by atoms with Gasteiger partial charge in [0.1, 0.15) is 42.4 Å². The number of ether oxygens (including phenoxy) is 7. The number of nitrogens with one attached hydrogen (secondary N) is 4. The second-order valence-electron chi connectivity index (χ2n) is 21.4. The van der Waals surface area contributed by atoms with Crippen molar-refractivity contribution in [1.82, 2.24) is 26.2 Å². The van der Waals surface area contributed by atoms with Crippen LogP contribution in [0.25, 0.3) is 0 Å². The average molecular weight is 1050 g/mol. The standard InChI is InChI=1S/C56H77ClN6O11/c1-36(59-9)48(64)61-47(54(2,3)4)51(67)63-22-12-15-44(63)50(66)60-46-42-14-11-10-13-38(42)33-45(46)73-32-30-71-28-26-69-24-23-68-25-27-70-29-31-72-40-19-16-37(17-20-40)49(65)62-52-55(5,6)53(56(52,7)8)74-41-21-18-39(35-58)43(57)34-41/h10-11,13-14,16-21,34,36,44-47,52-53,59H,12,15,22-33H2,1-9H3,(H,60,66)(H,61,64)(H,62,65)/t36-,44?,45+,46-,47+,52?,53?/m0/s1. The monoisotopic (exact) mass is 1040 g/mol. The number of likely N-dealkylation sites (tertiary alicyclic amines) is 1. The molecule has 1 heterocycles. The first kappa shape index (κ1) is 57.9. The molecular weight excluding hydrogens is 968 g/mol. The highest BCUT2D eigenvalue weighted by atomic mass is 35.5. The van der Waals surface area contributed by atoms with Crippen LogP contribution in [0.4, 0.5) is 0 Å². The number of halogens is 1. The zero-order valence-corrected chi connectivity index (χ0v) is 45.3. The van der Waals surface area contributed by atoms with E-state index in [0.717, 1.165) is 11.1 Å². The third kappa shape index (κ3) is 14.7. The molecule has 4 amide bonds. The minimum absolute atomic E-state index is 0.159. The number of nitrogens with zero attached hydrogens (tertiary/aromatic N) is 2. The molecule has 3 aliphatic rings. The maximum absolute atomic E-state index is 14.0. The van der Waals surface area contributed by atoms with E-state index < -0.39 is 23.5 Å². The molecule has 4 N–H and O–H groups in total. The van der Waals surface area contributed by atoms with Crippen molar-refractivity contribution in [2.75, 3.05) is 79.7 Å². The summed E-state index contributed by atoms with van der Waals surface area (Å²) >= 11 is 6.23. The summed E-state index contributed by atoms with van der Waals surface area (Å²) in [7, 11) is 1.69. The van der Waals surface area contributed by atoms with E-state index >= 15 is 0 Å². The highest BCUT2D eigenvalue weighted by Gasteiger charge is 2.64. The van der Waals surface area contributed by atoms with Crippen LogP contribution in [0.1, 0.15) is 101 Å². The van der Waals surface area contributed by atoms with Crippen LogP contribution in [0, 0.1) is 27.6 Å². The zero-order chi connectivity index (χ0) is 53.6. The summed E-state index contributed by atoms with van der Waals surface area (Å²) in [6, 6.07) is 19.6. The smallest absolute Gasteiger partial charge is 0.251 e. The van der Waals surface area contributed by atoms with Crippen LogP contribution in [-0.4, -0.2) is 145 Å². The first-order valence-corrected chi connectivity index (χ1v) is 26.1. The molecule has 17 nitrogen and oxygen atoms in total. The molecule has 5 atom stereocenters. The van der Waals surface area contributed by atoms with Crippen molar-refractivity contribution >= 4 is 35.2 Å². The third-order valence-corrected chi connectivity index (χ3v) is 14.6. The molecule has 0 aromatic heterocycles. The van der Waals surface area contributed by atoms with E-state index in [1.165, 1.54) is 0 Å². The van der Waals surface area contributed by atoms with Crippen molar-refractivity contribution in [3.63, 3.8) is 0 Å². The molecule has 3 aromatic carbocycles. The van der Waals surface area contributed by atoms with Crippen molar-refractivity contribution in [3.05, 3.63) is 94.0 Å². The molecule has 2 fully saturated rings. The molecule has 404 valence electrons. The van der Waals surface area contributed by atoms with Gasteiger partial charge in [0.05, 0.1) is 88.2 Å². The first-order chi connectivity index (χ1) is 35.3. The van der Waals surface area contributed by atoms with Crippen molar-refractivity contribution in [3.8, 4) is 17.6 Å². The van der Waals surface area contributed by atoms with Gasteiger partial charge in [0.15, 0.2) is 0 Å². The van der Waals surface area contributed by atoms with Gasteiger partial charge in [-0.3, -0.25) is 19.2 Å². The lowest BCUT2D eigenvalue weighted by Gasteiger charge is -2.63. The van der Waals surface area contributed by atoms with E-state index in [-0.39, 0.29) is 58.8 Å². The van der Waals surface area contributed by atoms with E-state index in [4.69, 9.17) is 44.8 Å². The second-order valence-corrected chi connectivity index (χ2v) is 21.8. The molecule has 1 saturated carbocycles. The van der Waals surface area contributed by atoms with E-state index in [2.05, 4.69) is 55.0 Å². The van der Waals surface area contributed by atoms with Crippen LogP contribution in [-0.2, 0) is 44.5 Å². The minimum Gasteiger partial charge on any atom is -0.491 e. The molecule has 0 bridgehead atoms. The quantitative estimate of drug-likeness (QED) is 0.0629. The van der Waals surface area contributed by atoms with Gasteiger partial charge in [0, 0.05) is 41.5 Å². The van der Waals surface area contributed by atoms with E-state index in [0.29, 0.717) is 120 Å². The predicted molar refractivity (Wildman–Crippen MR) is 280 cm³/mol. The van der Waals surface area contributed by atoms with Gasteiger partial charge < -0.3 is 59.3 Å². The van der Waals surface area contributed by atoms with Gasteiger partial charge in [0.2, 0.25) is 17.7 Å². The summed E-state index contributed by atoms with van der Waals surface area (Å²) in [5.74, 6) is 0.260. The van der Waals surface area contributed by atoms with Gasteiger partial charge in [-0.15, -0.1) is 0 Å². The normalized spacial score (nSPS) is 21.4. The van der Waals surface area contributed by atoms with Crippen LogP contribution >= 0.6 is 11.6 Å². The summed E-state index contributed by atoms with van der Waals surface area (Å²) in [6.45, 7) is 20.0. The maximum atomic E-state index is 14.0. The Morgan fingerprint density at radius 1 is 0.811 bits per heavy atom. The van der Waals surface area contributed by atoms with Gasteiger partial charge in [-0.25, -0.2) is 0 Å². The summed E-state index contributed by atoms with van der Waals surface area (Å²) in [4.78, 5) is 55.7. The molecule has 18 heteroatoms. The number of carbonyl (C=O) groups excluding carboxylic acids is 4. The lowest BCUT2D eigenvalue weighted by Crippen LogP contribution is -2.74. The Bertz CT molecular complexity index is 2390. The summed E-state index contributed by atoms with van der Waals surface area (Å²) in [5.41, 5.74) is 1.68. The second kappa shape index (κ2) is 26.4. The van der Waals surface area contributed by atoms with Crippen molar-refractivity contribution < 1.29 is 52.3 Å². The summed E-state index contributed by atoms with van der Waals surface area (Å²) in [5, 5.41) is 21.8. The molecule has 3 aromatic rings. The first-order valence-electron chi connectivity index (χ1n) is 25.8. The molecule has 1 saturated heterocycles. The largest absolute Gasteiger partial charge is 0.491 e. The maximum Gasteiger partial charge on any atom is 0.251 e. The minimum atomic E-state index is -0.794. The Morgan fingerprint density at radius 2 is 1.41 bits per heavy atom. The van der Waals surface area contributed by atoms with Crippen LogP contribution in [0.2, 0.25) is 5.02 Å². The average Bonchev–Trinajstić information content (AvgIpc) is 4.01. The van der Waals surface area contributed by atoms with Crippen LogP contribution in [0.5, 0.6) is 11.5 Å². The molecule has 1 unspecified atom stereocenters. The molecular formula is C56H77ClN6O11. The Labute approximate surface area is 441 Å². The lowest BCUT2D eigenvalue weighted by molar-refractivity contribution is -0.164. The van der Waals surface area contributed by atoms with Crippen LogP contribution in [0.15, 0.2) is 66.7 Å². The number of fused-ring (bicyclic) bond motifs is 1. The molecule has 0 radical (unpaired) electrons. The molecule has 74 heavy (non-hydrogen) atoms.